The molecule has 2 atom stereocenters. The molecule has 0 unspecified atom stereocenters. The smallest absolute Gasteiger partial charge is 0.253 e. The highest BCUT2D eigenvalue weighted by atomic mass is 16.5. The largest absolute Gasteiger partial charge is 0.467 e. The summed E-state index contributed by atoms with van der Waals surface area (Å²) in [6.07, 6.45) is 1.51. The standard InChI is InChI=1S/C22H18N2O3/c1-3-14-22(15-23)20(26)17-12-8-9-13-18(17)27-21(22)24(19(25)4-2)16-10-6-5-7-11-16/h3-13,21H,1-2,14H2/t21-,22+/m1/s1. The second-order valence-electron chi connectivity index (χ2n) is 6.12. The van der Waals surface area contributed by atoms with E-state index in [-0.39, 0.29) is 6.42 Å². The van der Waals surface area contributed by atoms with Crippen molar-refractivity contribution in [3.63, 3.8) is 0 Å². The van der Waals surface area contributed by atoms with E-state index in [0.717, 1.165) is 6.08 Å². The van der Waals surface area contributed by atoms with Gasteiger partial charge in [0.1, 0.15) is 5.75 Å². The maximum absolute atomic E-state index is 13.3. The van der Waals surface area contributed by atoms with E-state index in [1.54, 1.807) is 48.5 Å². The number of amides is 1. The fraction of sp³-hybridized carbons (Fsp3) is 0.136. The van der Waals surface area contributed by atoms with Gasteiger partial charge in [-0.2, -0.15) is 5.26 Å². The molecule has 0 radical (unpaired) electrons. The van der Waals surface area contributed by atoms with Crippen molar-refractivity contribution in [1.82, 2.24) is 0 Å². The van der Waals surface area contributed by atoms with E-state index in [2.05, 4.69) is 19.2 Å². The Morgan fingerprint density at radius 3 is 2.48 bits per heavy atom. The molecule has 0 bridgehead atoms. The first-order chi connectivity index (χ1) is 13.1. The van der Waals surface area contributed by atoms with Crippen molar-refractivity contribution in [2.24, 2.45) is 5.41 Å². The van der Waals surface area contributed by atoms with E-state index in [9.17, 15) is 14.9 Å². The van der Waals surface area contributed by atoms with Crippen molar-refractivity contribution in [1.29, 1.82) is 5.26 Å². The van der Waals surface area contributed by atoms with Crippen LogP contribution in [0.25, 0.3) is 0 Å². The maximum Gasteiger partial charge on any atom is 0.253 e. The molecule has 5 heteroatoms. The number of nitriles is 1. The Balaban J connectivity index is 2.24. The Kier molecular flexibility index (Phi) is 4.91. The highest BCUT2D eigenvalue weighted by Crippen LogP contribution is 2.43. The number of carbonyl (C=O) groups excluding carboxylic acids is 2. The van der Waals surface area contributed by atoms with Crippen molar-refractivity contribution in [2.45, 2.75) is 12.6 Å². The Labute approximate surface area is 157 Å². The van der Waals surface area contributed by atoms with E-state index in [1.807, 2.05) is 6.07 Å². The monoisotopic (exact) mass is 358 g/mol. The maximum atomic E-state index is 13.3. The van der Waals surface area contributed by atoms with Crippen molar-refractivity contribution in [2.75, 3.05) is 4.90 Å². The number of fused-ring (bicyclic) bond motifs is 1. The van der Waals surface area contributed by atoms with E-state index in [0.29, 0.717) is 17.0 Å². The molecule has 0 aromatic heterocycles. The number of Topliss-reactive ketones (excluding diaryl/α,β-unsaturated/α-hetero) is 1. The van der Waals surface area contributed by atoms with Gasteiger partial charge in [-0.05, 0) is 36.8 Å². The van der Waals surface area contributed by atoms with Crippen LogP contribution in [0.15, 0.2) is 79.9 Å². The third kappa shape index (κ3) is 2.91. The highest BCUT2D eigenvalue weighted by Gasteiger charge is 2.55. The summed E-state index contributed by atoms with van der Waals surface area (Å²) in [5.74, 6) is -0.531. The average Bonchev–Trinajstić information content (AvgIpc) is 2.71. The Morgan fingerprint density at radius 2 is 1.85 bits per heavy atom. The lowest BCUT2D eigenvalue weighted by molar-refractivity contribution is -0.116. The van der Waals surface area contributed by atoms with Gasteiger partial charge in [0, 0.05) is 5.69 Å². The molecule has 3 rings (SSSR count). The number of allylic oxidation sites excluding steroid dienone is 1. The number of hydrogen-bond acceptors (Lipinski definition) is 4. The Morgan fingerprint density at radius 1 is 1.19 bits per heavy atom. The zero-order valence-corrected chi connectivity index (χ0v) is 14.7. The number of anilines is 1. The van der Waals surface area contributed by atoms with Crippen LogP contribution >= 0.6 is 0 Å². The molecule has 1 aliphatic heterocycles. The number of carbonyl (C=O) groups is 2. The van der Waals surface area contributed by atoms with Crippen LogP contribution in [0.1, 0.15) is 16.8 Å². The van der Waals surface area contributed by atoms with Crippen molar-refractivity contribution in [3.8, 4) is 11.8 Å². The molecule has 0 saturated heterocycles. The summed E-state index contributed by atoms with van der Waals surface area (Å²) in [4.78, 5) is 27.3. The molecule has 0 saturated carbocycles. The van der Waals surface area contributed by atoms with E-state index < -0.39 is 23.3 Å². The van der Waals surface area contributed by atoms with Crippen LogP contribution in [-0.2, 0) is 4.79 Å². The number of para-hydroxylation sites is 2. The van der Waals surface area contributed by atoms with Gasteiger partial charge in [0.25, 0.3) is 5.91 Å². The second kappa shape index (κ2) is 7.30. The summed E-state index contributed by atoms with van der Waals surface area (Å²) < 4.78 is 6.07. The molecular weight excluding hydrogens is 340 g/mol. The minimum Gasteiger partial charge on any atom is -0.467 e. The average molecular weight is 358 g/mol. The zero-order chi connectivity index (χ0) is 19.4. The number of nitrogens with zero attached hydrogens (tertiary/aromatic N) is 2. The third-order valence-corrected chi connectivity index (χ3v) is 4.54. The first-order valence-electron chi connectivity index (χ1n) is 8.42. The van der Waals surface area contributed by atoms with Crippen LogP contribution in [0.5, 0.6) is 5.75 Å². The lowest BCUT2D eigenvalue weighted by atomic mass is 9.74. The van der Waals surface area contributed by atoms with Gasteiger partial charge in [-0.1, -0.05) is 43.0 Å². The van der Waals surface area contributed by atoms with Crippen LogP contribution in [0.3, 0.4) is 0 Å². The quantitative estimate of drug-likeness (QED) is 0.600. The van der Waals surface area contributed by atoms with Gasteiger partial charge < -0.3 is 4.74 Å². The molecule has 1 aliphatic rings. The molecule has 0 spiro atoms. The lowest BCUT2D eigenvalue weighted by Crippen LogP contribution is -2.58. The molecule has 27 heavy (non-hydrogen) atoms. The number of ketones is 1. The van der Waals surface area contributed by atoms with Gasteiger partial charge in [-0.3, -0.25) is 14.5 Å². The summed E-state index contributed by atoms with van der Waals surface area (Å²) in [6.45, 7) is 7.24. The van der Waals surface area contributed by atoms with Crippen molar-refractivity contribution < 1.29 is 14.3 Å². The Hall–Kier alpha value is -3.65. The lowest BCUT2D eigenvalue weighted by Gasteiger charge is -2.43. The molecular formula is C22H18N2O3. The second-order valence-corrected chi connectivity index (χ2v) is 6.12. The third-order valence-electron chi connectivity index (χ3n) is 4.54. The number of rotatable bonds is 5. The molecule has 134 valence electrons. The molecule has 5 nitrogen and oxygen atoms in total. The normalized spacial score (nSPS) is 20.6. The number of benzene rings is 2. The fourth-order valence-corrected chi connectivity index (χ4v) is 3.24. The molecule has 1 heterocycles. The SMILES string of the molecule is C=CC[C@]1(C#N)C(=O)c2ccccc2O[C@H]1N(C(=O)C=C)c1ccccc1. The first-order valence-corrected chi connectivity index (χ1v) is 8.42. The summed E-state index contributed by atoms with van der Waals surface area (Å²) in [7, 11) is 0. The van der Waals surface area contributed by atoms with Crippen LogP contribution in [0, 0.1) is 16.7 Å². The fourth-order valence-electron chi connectivity index (χ4n) is 3.24. The zero-order valence-electron chi connectivity index (χ0n) is 14.7. The number of hydrogen-bond donors (Lipinski definition) is 0. The van der Waals surface area contributed by atoms with Crippen molar-refractivity contribution in [3.05, 3.63) is 85.5 Å². The Bertz CT molecular complexity index is 946. The first kappa shape index (κ1) is 18.2. The summed E-state index contributed by atoms with van der Waals surface area (Å²) in [5, 5.41) is 10.0. The van der Waals surface area contributed by atoms with Gasteiger partial charge in [0.2, 0.25) is 6.23 Å². The van der Waals surface area contributed by atoms with Gasteiger partial charge in [0.15, 0.2) is 11.2 Å². The number of ether oxygens (including phenoxy) is 1. The van der Waals surface area contributed by atoms with Gasteiger partial charge >= 0.3 is 0 Å². The van der Waals surface area contributed by atoms with Crippen LogP contribution in [0.2, 0.25) is 0 Å². The van der Waals surface area contributed by atoms with Crippen LogP contribution in [0.4, 0.5) is 5.69 Å². The van der Waals surface area contributed by atoms with E-state index >= 15 is 0 Å². The molecule has 1 amide bonds. The summed E-state index contributed by atoms with van der Waals surface area (Å²) in [6, 6.07) is 17.6. The van der Waals surface area contributed by atoms with Gasteiger partial charge in [-0.25, -0.2) is 0 Å². The minimum atomic E-state index is -1.62. The highest BCUT2D eigenvalue weighted by molar-refractivity contribution is 6.08. The predicted octanol–water partition coefficient (Wildman–Crippen LogP) is 3.89. The van der Waals surface area contributed by atoms with Gasteiger partial charge in [0.05, 0.1) is 11.6 Å². The molecule has 0 N–H and O–H groups in total. The van der Waals surface area contributed by atoms with Gasteiger partial charge in [-0.15, -0.1) is 6.58 Å². The minimum absolute atomic E-state index is 0.0368. The summed E-state index contributed by atoms with van der Waals surface area (Å²) in [5.41, 5.74) is -0.801. The molecule has 2 aromatic carbocycles. The van der Waals surface area contributed by atoms with E-state index in [1.165, 1.54) is 11.0 Å². The van der Waals surface area contributed by atoms with Crippen LogP contribution < -0.4 is 9.64 Å². The summed E-state index contributed by atoms with van der Waals surface area (Å²) >= 11 is 0. The van der Waals surface area contributed by atoms with Crippen LogP contribution in [-0.4, -0.2) is 17.9 Å². The molecule has 0 fully saturated rings. The molecule has 2 aromatic rings. The van der Waals surface area contributed by atoms with Crippen molar-refractivity contribution >= 4 is 17.4 Å². The predicted molar refractivity (Wildman–Crippen MR) is 102 cm³/mol. The van der Waals surface area contributed by atoms with E-state index in [4.69, 9.17) is 4.74 Å². The molecule has 0 aliphatic carbocycles. The topological polar surface area (TPSA) is 70.4 Å².